The van der Waals surface area contributed by atoms with E-state index < -0.39 is 5.97 Å². The van der Waals surface area contributed by atoms with Gasteiger partial charge in [0.1, 0.15) is 5.69 Å². The molecule has 2 N–H and O–H groups in total. The molecule has 27 heavy (non-hydrogen) atoms. The van der Waals surface area contributed by atoms with Crippen molar-refractivity contribution in [3.8, 4) is 0 Å². The molecule has 2 rings (SSSR count). The van der Waals surface area contributed by atoms with Crippen LogP contribution in [0.1, 0.15) is 69.0 Å². The van der Waals surface area contributed by atoms with Crippen molar-refractivity contribution in [2.45, 2.75) is 71.1 Å². The van der Waals surface area contributed by atoms with Crippen LogP contribution in [-0.2, 0) is 16.0 Å². The molecule has 0 unspecified atom stereocenters. The molecule has 1 aromatic heterocycles. The van der Waals surface area contributed by atoms with Crippen molar-refractivity contribution in [3.05, 3.63) is 29.5 Å². The Bertz CT molecular complexity index is 739. The first-order chi connectivity index (χ1) is 13.1. The summed E-state index contributed by atoms with van der Waals surface area (Å²) in [6, 6.07) is 5.84. The molecule has 0 bridgehead atoms. The maximum absolute atomic E-state index is 12.1. The van der Waals surface area contributed by atoms with E-state index in [0.717, 1.165) is 55.9 Å². The van der Waals surface area contributed by atoms with Crippen LogP contribution >= 0.6 is 0 Å². The van der Waals surface area contributed by atoms with E-state index in [1.165, 1.54) is 6.42 Å². The van der Waals surface area contributed by atoms with Gasteiger partial charge in [0.2, 0.25) is 5.91 Å². The highest BCUT2D eigenvalue weighted by molar-refractivity contribution is 5.86. The molecular formula is C21H30N2O4. The van der Waals surface area contributed by atoms with Crippen molar-refractivity contribution in [3.63, 3.8) is 0 Å². The number of unbranched alkanes of at least 4 members (excludes halogenated alkanes) is 7. The summed E-state index contributed by atoms with van der Waals surface area (Å²) in [4.78, 5) is 22.5. The maximum atomic E-state index is 12.1. The van der Waals surface area contributed by atoms with E-state index in [-0.39, 0.29) is 18.7 Å². The third-order valence-electron chi connectivity index (χ3n) is 4.67. The number of carboxylic acids is 1. The lowest BCUT2D eigenvalue weighted by Gasteiger charge is -2.05. The zero-order valence-electron chi connectivity index (χ0n) is 16.1. The quantitative estimate of drug-likeness (QED) is 0.507. The van der Waals surface area contributed by atoms with Crippen LogP contribution in [0.25, 0.3) is 11.0 Å². The topological polar surface area (TPSA) is 92.4 Å². The second-order valence-electron chi connectivity index (χ2n) is 7.13. The molecule has 2 aromatic rings. The second kappa shape index (κ2) is 11.4. The molecule has 1 heterocycles. The predicted molar refractivity (Wildman–Crippen MR) is 105 cm³/mol. The first-order valence-corrected chi connectivity index (χ1v) is 9.89. The number of carboxylic acid groups (broad SMARTS) is 1. The van der Waals surface area contributed by atoms with Crippen LogP contribution < -0.4 is 5.32 Å². The minimum Gasteiger partial charge on any atom is -0.481 e. The summed E-state index contributed by atoms with van der Waals surface area (Å²) in [6.45, 7) is 2.69. The standard InChI is InChI=1S/C21H30N2O4/c1-16-11-12-19-17(14-16)18(23-27-19)15-20(24)22-13-9-7-5-3-2-4-6-8-10-21(25)26/h11-12,14H,2-10,13,15H2,1H3,(H,22,24)(H,25,26). The number of aromatic nitrogens is 1. The number of carbonyl (C=O) groups is 2. The number of hydrogen-bond donors (Lipinski definition) is 2. The predicted octanol–water partition coefficient (Wildman–Crippen LogP) is 4.39. The fourth-order valence-electron chi connectivity index (χ4n) is 3.13. The molecule has 0 aliphatic carbocycles. The number of nitrogens with one attached hydrogen (secondary N) is 1. The summed E-state index contributed by atoms with van der Waals surface area (Å²) in [5.41, 5.74) is 2.52. The molecule has 0 spiro atoms. The van der Waals surface area contributed by atoms with Gasteiger partial charge in [0, 0.05) is 18.4 Å². The van der Waals surface area contributed by atoms with Gasteiger partial charge in [-0.1, -0.05) is 55.3 Å². The molecule has 0 saturated carbocycles. The van der Waals surface area contributed by atoms with Gasteiger partial charge in [0.25, 0.3) is 0 Å². The number of carbonyl (C=O) groups excluding carboxylic acids is 1. The SMILES string of the molecule is Cc1ccc2onc(CC(=O)NCCCCCCCCCCC(=O)O)c2c1. The van der Waals surface area contributed by atoms with Crippen molar-refractivity contribution >= 4 is 22.8 Å². The minimum absolute atomic E-state index is 0.0230. The third-order valence-corrected chi connectivity index (χ3v) is 4.67. The Kier molecular flexibility index (Phi) is 8.81. The molecule has 6 heteroatoms. The maximum Gasteiger partial charge on any atom is 0.303 e. The fraction of sp³-hybridized carbons (Fsp3) is 0.571. The number of aryl methyl sites for hydroxylation is 1. The van der Waals surface area contributed by atoms with E-state index in [0.29, 0.717) is 17.8 Å². The molecule has 0 radical (unpaired) electrons. The highest BCUT2D eigenvalue weighted by atomic mass is 16.5. The molecule has 148 valence electrons. The van der Waals surface area contributed by atoms with E-state index in [1.807, 2.05) is 25.1 Å². The van der Waals surface area contributed by atoms with E-state index in [9.17, 15) is 9.59 Å². The van der Waals surface area contributed by atoms with Crippen molar-refractivity contribution in [1.82, 2.24) is 10.5 Å². The minimum atomic E-state index is -0.705. The summed E-state index contributed by atoms with van der Waals surface area (Å²) in [6.07, 6.45) is 8.97. The van der Waals surface area contributed by atoms with Crippen LogP contribution in [0, 0.1) is 6.92 Å². The van der Waals surface area contributed by atoms with Gasteiger partial charge in [-0.3, -0.25) is 9.59 Å². The van der Waals surface area contributed by atoms with Crippen LogP contribution in [0.15, 0.2) is 22.7 Å². The summed E-state index contributed by atoms with van der Waals surface area (Å²) in [7, 11) is 0. The lowest BCUT2D eigenvalue weighted by molar-refractivity contribution is -0.137. The number of fused-ring (bicyclic) bond motifs is 1. The summed E-state index contributed by atoms with van der Waals surface area (Å²) < 4.78 is 5.26. The Balaban J connectivity index is 1.51. The third kappa shape index (κ3) is 7.81. The zero-order valence-corrected chi connectivity index (χ0v) is 16.1. The Morgan fingerprint density at radius 1 is 1.04 bits per heavy atom. The van der Waals surface area contributed by atoms with Crippen LogP contribution in [0.5, 0.6) is 0 Å². The van der Waals surface area contributed by atoms with Crippen LogP contribution in [0.3, 0.4) is 0 Å². The molecule has 0 fully saturated rings. The largest absolute Gasteiger partial charge is 0.481 e. The number of benzene rings is 1. The smallest absolute Gasteiger partial charge is 0.303 e. The van der Waals surface area contributed by atoms with Gasteiger partial charge in [-0.2, -0.15) is 0 Å². The van der Waals surface area contributed by atoms with Gasteiger partial charge in [0.05, 0.1) is 6.42 Å². The normalized spacial score (nSPS) is 11.0. The molecule has 1 aromatic carbocycles. The summed E-state index contributed by atoms with van der Waals surface area (Å²) in [5.74, 6) is -0.728. The van der Waals surface area contributed by atoms with Crippen LogP contribution in [-0.4, -0.2) is 28.7 Å². The monoisotopic (exact) mass is 374 g/mol. The molecule has 0 atom stereocenters. The van der Waals surface area contributed by atoms with Crippen LogP contribution in [0.2, 0.25) is 0 Å². The lowest BCUT2D eigenvalue weighted by Crippen LogP contribution is -2.26. The molecule has 6 nitrogen and oxygen atoms in total. The van der Waals surface area contributed by atoms with Gasteiger partial charge in [-0.25, -0.2) is 0 Å². The van der Waals surface area contributed by atoms with E-state index in [4.69, 9.17) is 9.63 Å². The molecule has 0 saturated heterocycles. The fourth-order valence-corrected chi connectivity index (χ4v) is 3.13. The molecule has 1 amide bonds. The molecule has 0 aliphatic heterocycles. The Hall–Kier alpha value is -2.37. The van der Waals surface area contributed by atoms with Crippen LogP contribution in [0.4, 0.5) is 0 Å². The van der Waals surface area contributed by atoms with Crippen molar-refractivity contribution in [2.75, 3.05) is 6.54 Å². The highest BCUT2D eigenvalue weighted by Gasteiger charge is 2.12. The number of nitrogens with zero attached hydrogens (tertiary/aromatic N) is 1. The average Bonchev–Trinajstić information content (AvgIpc) is 3.01. The molecular weight excluding hydrogens is 344 g/mol. The van der Waals surface area contributed by atoms with E-state index in [1.54, 1.807) is 0 Å². The first kappa shape index (κ1) is 20.9. The highest BCUT2D eigenvalue weighted by Crippen LogP contribution is 2.20. The lowest BCUT2D eigenvalue weighted by atomic mass is 10.1. The van der Waals surface area contributed by atoms with Crippen molar-refractivity contribution < 1.29 is 19.2 Å². The molecule has 0 aliphatic rings. The average molecular weight is 374 g/mol. The summed E-state index contributed by atoms with van der Waals surface area (Å²) >= 11 is 0. The number of amides is 1. The summed E-state index contributed by atoms with van der Waals surface area (Å²) in [5, 5.41) is 16.4. The van der Waals surface area contributed by atoms with Gasteiger partial charge < -0.3 is 14.9 Å². The van der Waals surface area contributed by atoms with E-state index >= 15 is 0 Å². The van der Waals surface area contributed by atoms with Gasteiger partial charge in [-0.05, 0) is 31.9 Å². The van der Waals surface area contributed by atoms with Gasteiger partial charge in [-0.15, -0.1) is 0 Å². The Morgan fingerprint density at radius 2 is 1.70 bits per heavy atom. The van der Waals surface area contributed by atoms with Crippen molar-refractivity contribution in [1.29, 1.82) is 0 Å². The van der Waals surface area contributed by atoms with E-state index in [2.05, 4.69) is 10.5 Å². The zero-order chi connectivity index (χ0) is 19.5. The number of rotatable bonds is 13. The number of aliphatic carboxylic acids is 1. The number of hydrogen-bond acceptors (Lipinski definition) is 4. The van der Waals surface area contributed by atoms with Gasteiger partial charge >= 0.3 is 5.97 Å². The Morgan fingerprint density at radius 3 is 2.41 bits per heavy atom. The van der Waals surface area contributed by atoms with Crippen molar-refractivity contribution in [2.24, 2.45) is 0 Å². The second-order valence-corrected chi connectivity index (χ2v) is 7.13. The Labute approximate surface area is 160 Å². The van der Waals surface area contributed by atoms with Gasteiger partial charge in [0.15, 0.2) is 5.58 Å². The first-order valence-electron chi connectivity index (χ1n) is 9.89.